The van der Waals surface area contributed by atoms with E-state index in [0.717, 1.165) is 23.7 Å². The van der Waals surface area contributed by atoms with E-state index in [2.05, 4.69) is 27.7 Å². The summed E-state index contributed by atoms with van der Waals surface area (Å²) >= 11 is 0. The first-order chi connectivity index (χ1) is 7.91. The van der Waals surface area contributed by atoms with Crippen molar-refractivity contribution in [3.05, 3.63) is 0 Å². The monoisotopic (exact) mass is 234 g/mol. The Morgan fingerprint density at radius 1 is 0.706 bits per heavy atom. The lowest BCUT2D eigenvalue weighted by atomic mass is 9.54. The molecular formula is C17H30. The summed E-state index contributed by atoms with van der Waals surface area (Å²) in [7, 11) is 0. The maximum Gasteiger partial charge on any atom is -0.0292 e. The first-order valence-electron chi connectivity index (χ1n) is 7.91. The summed E-state index contributed by atoms with van der Waals surface area (Å²) in [6.45, 7) is 10.3. The number of rotatable bonds is 0. The van der Waals surface area contributed by atoms with Crippen molar-refractivity contribution in [3.63, 3.8) is 0 Å². The average Bonchev–Trinajstić information content (AvgIpc) is 2.63. The predicted molar refractivity (Wildman–Crippen MR) is 73.8 cm³/mol. The SMILES string of the molecule is CC1CC2(C)CC(C)CC(C)(C1)C1CCC2C1. The number of fused-ring (bicyclic) bond motifs is 4. The molecule has 0 saturated heterocycles. The van der Waals surface area contributed by atoms with Crippen molar-refractivity contribution in [3.8, 4) is 0 Å². The van der Waals surface area contributed by atoms with Gasteiger partial charge in [-0.2, -0.15) is 0 Å². The molecular weight excluding hydrogens is 204 g/mol. The van der Waals surface area contributed by atoms with E-state index in [9.17, 15) is 0 Å². The van der Waals surface area contributed by atoms with Gasteiger partial charge in [-0.05, 0) is 79.4 Å². The van der Waals surface area contributed by atoms with Crippen LogP contribution in [0, 0.1) is 34.5 Å². The third-order valence-electron chi connectivity index (χ3n) is 6.66. The van der Waals surface area contributed by atoms with Crippen LogP contribution in [0.1, 0.15) is 72.6 Å². The van der Waals surface area contributed by atoms with Crippen LogP contribution in [0.4, 0.5) is 0 Å². The topological polar surface area (TPSA) is 0 Å². The van der Waals surface area contributed by atoms with E-state index in [1.54, 1.807) is 6.42 Å². The highest BCUT2D eigenvalue weighted by molar-refractivity contribution is 5.02. The van der Waals surface area contributed by atoms with Gasteiger partial charge in [-0.25, -0.2) is 0 Å². The maximum absolute atomic E-state index is 2.63. The Morgan fingerprint density at radius 2 is 1.06 bits per heavy atom. The smallest absolute Gasteiger partial charge is 0.0292 e. The summed E-state index contributed by atoms with van der Waals surface area (Å²) in [5.74, 6) is 4.02. The molecule has 4 aliphatic rings. The highest BCUT2D eigenvalue weighted by Gasteiger charge is 2.51. The van der Waals surface area contributed by atoms with Crippen LogP contribution < -0.4 is 0 Å². The van der Waals surface area contributed by atoms with Gasteiger partial charge in [0.05, 0.1) is 0 Å². The predicted octanol–water partition coefficient (Wildman–Crippen LogP) is 5.28. The van der Waals surface area contributed by atoms with Crippen LogP contribution in [-0.4, -0.2) is 0 Å². The Labute approximate surface area is 108 Å². The molecule has 0 spiro atoms. The average molecular weight is 234 g/mol. The zero-order valence-electron chi connectivity index (χ0n) is 12.3. The van der Waals surface area contributed by atoms with Crippen LogP contribution >= 0.6 is 0 Å². The summed E-state index contributed by atoms with van der Waals surface area (Å²) in [5.41, 5.74) is 1.35. The highest BCUT2D eigenvalue weighted by Crippen LogP contribution is 2.61. The van der Waals surface area contributed by atoms with E-state index in [-0.39, 0.29) is 0 Å². The molecule has 2 atom stereocenters. The van der Waals surface area contributed by atoms with Gasteiger partial charge in [0.2, 0.25) is 0 Å². The summed E-state index contributed by atoms with van der Waals surface area (Å²) in [5, 5.41) is 0. The Bertz CT molecular complexity index is 261. The molecule has 4 saturated carbocycles. The van der Waals surface area contributed by atoms with E-state index in [0.29, 0.717) is 10.8 Å². The molecule has 17 heavy (non-hydrogen) atoms. The van der Waals surface area contributed by atoms with Crippen LogP contribution in [-0.2, 0) is 0 Å². The van der Waals surface area contributed by atoms with Crippen molar-refractivity contribution in [2.75, 3.05) is 0 Å². The largest absolute Gasteiger partial charge is 0.0625 e. The fourth-order valence-corrected chi connectivity index (χ4v) is 6.41. The van der Waals surface area contributed by atoms with E-state index < -0.39 is 0 Å². The minimum Gasteiger partial charge on any atom is -0.0625 e. The van der Waals surface area contributed by atoms with Crippen molar-refractivity contribution in [1.82, 2.24) is 0 Å². The molecule has 2 unspecified atom stereocenters. The van der Waals surface area contributed by atoms with Crippen LogP contribution in [0.5, 0.6) is 0 Å². The molecule has 4 aliphatic carbocycles. The highest BCUT2D eigenvalue weighted by atomic mass is 14.6. The van der Waals surface area contributed by atoms with E-state index in [1.165, 1.54) is 38.5 Å². The molecule has 0 aliphatic heterocycles. The van der Waals surface area contributed by atoms with Gasteiger partial charge >= 0.3 is 0 Å². The first kappa shape index (κ1) is 12.1. The van der Waals surface area contributed by atoms with Gasteiger partial charge in [-0.1, -0.05) is 27.7 Å². The second-order valence-corrected chi connectivity index (χ2v) is 8.54. The molecule has 0 nitrogen and oxygen atoms in total. The van der Waals surface area contributed by atoms with E-state index in [1.807, 2.05) is 0 Å². The van der Waals surface area contributed by atoms with Gasteiger partial charge in [-0.15, -0.1) is 0 Å². The zero-order valence-corrected chi connectivity index (χ0v) is 12.3. The van der Waals surface area contributed by atoms with E-state index in [4.69, 9.17) is 0 Å². The summed E-state index contributed by atoms with van der Waals surface area (Å²) in [4.78, 5) is 0. The molecule has 0 amide bonds. The maximum atomic E-state index is 2.63. The number of hydrogen-bond donors (Lipinski definition) is 0. The van der Waals surface area contributed by atoms with E-state index >= 15 is 0 Å². The second-order valence-electron chi connectivity index (χ2n) is 8.54. The molecule has 0 radical (unpaired) electrons. The quantitative estimate of drug-likeness (QED) is 0.535. The lowest BCUT2D eigenvalue weighted by Gasteiger charge is -2.51. The van der Waals surface area contributed by atoms with Crippen LogP contribution in [0.25, 0.3) is 0 Å². The van der Waals surface area contributed by atoms with Crippen LogP contribution in [0.2, 0.25) is 0 Å². The molecule has 0 aromatic carbocycles. The first-order valence-corrected chi connectivity index (χ1v) is 7.91. The van der Waals surface area contributed by atoms with Gasteiger partial charge in [0.15, 0.2) is 0 Å². The van der Waals surface area contributed by atoms with Gasteiger partial charge in [-0.3, -0.25) is 0 Å². The molecule has 0 heteroatoms. The third kappa shape index (κ3) is 1.87. The third-order valence-corrected chi connectivity index (χ3v) is 6.66. The standard InChI is InChI=1S/C17H30/c1-12-8-16(3)10-13(2)11-17(4,9-12)15-6-5-14(16)7-15/h12-15H,5-11H2,1-4H3. The lowest BCUT2D eigenvalue weighted by Crippen LogP contribution is -2.41. The van der Waals surface area contributed by atoms with Crippen molar-refractivity contribution in [1.29, 1.82) is 0 Å². The Hall–Kier alpha value is 0. The fraction of sp³-hybridized carbons (Fsp3) is 1.00. The molecule has 4 fully saturated rings. The molecule has 0 aromatic rings. The normalized spacial score (nSPS) is 58.6. The summed E-state index contributed by atoms with van der Waals surface area (Å²) in [6, 6.07) is 0. The Balaban J connectivity index is 2.02. The van der Waals surface area contributed by atoms with Crippen molar-refractivity contribution >= 4 is 0 Å². The molecule has 0 N–H and O–H groups in total. The van der Waals surface area contributed by atoms with Gasteiger partial charge in [0, 0.05) is 0 Å². The molecule has 4 bridgehead atoms. The number of hydrogen-bond acceptors (Lipinski definition) is 0. The van der Waals surface area contributed by atoms with Crippen molar-refractivity contribution < 1.29 is 0 Å². The minimum atomic E-state index is 0.676. The molecule has 4 rings (SSSR count). The molecule has 0 heterocycles. The van der Waals surface area contributed by atoms with Crippen molar-refractivity contribution in [2.45, 2.75) is 72.6 Å². The zero-order chi connectivity index (χ0) is 12.3. The van der Waals surface area contributed by atoms with Gasteiger partial charge < -0.3 is 0 Å². The Morgan fingerprint density at radius 3 is 1.41 bits per heavy atom. The van der Waals surface area contributed by atoms with Gasteiger partial charge in [0.1, 0.15) is 0 Å². The van der Waals surface area contributed by atoms with Crippen molar-refractivity contribution in [2.24, 2.45) is 34.5 Å². The molecule has 98 valence electrons. The van der Waals surface area contributed by atoms with Crippen LogP contribution in [0.15, 0.2) is 0 Å². The van der Waals surface area contributed by atoms with Crippen LogP contribution in [0.3, 0.4) is 0 Å². The second kappa shape index (κ2) is 3.75. The summed E-state index contributed by atoms with van der Waals surface area (Å²) < 4.78 is 0. The fourth-order valence-electron chi connectivity index (χ4n) is 6.41. The molecule has 0 aromatic heterocycles. The Kier molecular flexibility index (Phi) is 2.66. The van der Waals surface area contributed by atoms with Gasteiger partial charge in [0.25, 0.3) is 0 Å². The minimum absolute atomic E-state index is 0.676. The summed E-state index contributed by atoms with van der Waals surface area (Å²) in [6.07, 6.45) is 10.7. The lowest BCUT2D eigenvalue weighted by molar-refractivity contribution is -0.00581.